The molecule has 0 spiro atoms. The largest absolute Gasteiger partial charge is 0.493 e. The van der Waals surface area contributed by atoms with Gasteiger partial charge in [0.15, 0.2) is 11.5 Å². The van der Waals surface area contributed by atoms with Gasteiger partial charge in [-0.2, -0.15) is 0 Å². The maximum atomic E-state index is 12.2. The molecule has 21 heavy (non-hydrogen) atoms. The number of benzene rings is 2. The van der Waals surface area contributed by atoms with Crippen molar-refractivity contribution in [3.05, 3.63) is 58.1 Å². The number of hydrogen-bond donors (Lipinski definition) is 1. The van der Waals surface area contributed by atoms with Crippen LogP contribution in [0.5, 0.6) is 11.5 Å². The number of amides is 1. The zero-order valence-corrected chi connectivity index (χ0v) is 13.4. The average Bonchev–Trinajstić information content (AvgIpc) is 2.52. The lowest BCUT2D eigenvalue weighted by Crippen LogP contribution is -2.23. The zero-order valence-electron chi connectivity index (χ0n) is 11.9. The van der Waals surface area contributed by atoms with Crippen molar-refractivity contribution in [2.24, 2.45) is 0 Å². The molecule has 1 amide bonds. The van der Waals surface area contributed by atoms with Crippen molar-refractivity contribution in [3.8, 4) is 11.5 Å². The van der Waals surface area contributed by atoms with Gasteiger partial charge in [-0.05, 0) is 34.1 Å². The molecule has 0 aromatic heterocycles. The van der Waals surface area contributed by atoms with Crippen molar-refractivity contribution in [3.63, 3.8) is 0 Å². The van der Waals surface area contributed by atoms with E-state index in [1.54, 1.807) is 20.3 Å². The van der Waals surface area contributed by atoms with Crippen LogP contribution in [0.25, 0.3) is 0 Å². The highest BCUT2D eigenvalue weighted by Gasteiger charge is 2.12. The summed E-state index contributed by atoms with van der Waals surface area (Å²) in [7, 11) is 3.16. The summed E-state index contributed by atoms with van der Waals surface area (Å²) in [6.07, 6.45) is 0. The lowest BCUT2D eigenvalue weighted by atomic mass is 10.1. The summed E-state index contributed by atoms with van der Waals surface area (Å²) in [6, 6.07) is 12.9. The molecule has 0 heterocycles. The highest BCUT2D eigenvalue weighted by Crippen LogP contribution is 2.30. The van der Waals surface area contributed by atoms with Gasteiger partial charge in [-0.1, -0.05) is 24.3 Å². The van der Waals surface area contributed by atoms with Crippen LogP contribution in [-0.4, -0.2) is 20.1 Å². The molecule has 0 atom stereocenters. The second-order valence-electron chi connectivity index (χ2n) is 4.32. The van der Waals surface area contributed by atoms with Crippen LogP contribution >= 0.6 is 15.9 Å². The first-order chi connectivity index (χ1) is 10.2. The van der Waals surface area contributed by atoms with E-state index in [4.69, 9.17) is 9.47 Å². The molecule has 2 aromatic carbocycles. The van der Waals surface area contributed by atoms with Gasteiger partial charge in [0, 0.05) is 16.6 Å². The molecule has 0 aliphatic heterocycles. The van der Waals surface area contributed by atoms with E-state index in [9.17, 15) is 4.79 Å². The predicted octanol–water partition coefficient (Wildman–Crippen LogP) is 3.40. The third-order valence-electron chi connectivity index (χ3n) is 3.04. The molecule has 1 N–H and O–H groups in total. The first-order valence-corrected chi connectivity index (χ1v) is 7.19. The molecule has 0 saturated heterocycles. The minimum Gasteiger partial charge on any atom is -0.493 e. The van der Waals surface area contributed by atoms with E-state index in [1.807, 2.05) is 36.4 Å². The number of carbonyl (C=O) groups excluding carboxylic acids is 1. The van der Waals surface area contributed by atoms with Crippen LogP contribution in [0.4, 0.5) is 0 Å². The quantitative estimate of drug-likeness (QED) is 0.899. The number of rotatable bonds is 5. The molecule has 2 rings (SSSR count). The Morgan fingerprint density at radius 2 is 1.86 bits per heavy atom. The van der Waals surface area contributed by atoms with Gasteiger partial charge in [-0.25, -0.2) is 0 Å². The average molecular weight is 350 g/mol. The number of ether oxygens (including phenoxy) is 2. The van der Waals surface area contributed by atoms with Gasteiger partial charge in [-0.3, -0.25) is 4.79 Å². The maximum absolute atomic E-state index is 12.2. The molecule has 110 valence electrons. The van der Waals surface area contributed by atoms with Gasteiger partial charge in [0.2, 0.25) is 0 Å². The molecule has 0 aliphatic rings. The first kappa shape index (κ1) is 15.4. The van der Waals surface area contributed by atoms with E-state index < -0.39 is 0 Å². The lowest BCUT2D eigenvalue weighted by Gasteiger charge is -2.13. The summed E-state index contributed by atoms with van der Waals surface area (Å²) in [5.74, 6) is 1.13. The van der Waals surface area contributed by atoms with E-state index in [0.717, 1.165) is 10.0 Å². The number of nitrogens with one attached hydrogen (secondary N) is 1. The fraction of sp³-hybridized carbons (Fsp3) is 0.188. The third kappa shape index (κ3) is 3.55. The van der Waals surface area contributed by atoms with E-state index >= 15 is 0 Å². The van der Waals surface area contributed by atoms with Crippen LogP contribution in [0.15, 0.2) is 46.9 Å². The van der Waals surface area contributed by atoms with E-state index in [1.165, 1.54) is 0 Å². The Labute approximate surface area is 132 Å². The van der Waals surface area contributed by atoms with E-state index in [-0.39, 0.29) is 5.91 Å². The van der Waals surface area contributed by atoms with Gasteiger partial charge in [0.1, 0.15) is 0 Å². The Morgan fingerprint density at radius 3 is 2.52 bits per heavy atom. The molecular formula is C16H16BrNO3. The van der Waals surface area contributed by atoms with E-state index in [2.05, 4.69) is 21.2 Å². The predicted molar refractivity (Wildman–Crippen MR) is 84.9 cm³/mol. The van der Waals surface area contributed by atoms with Gasteiger partial charge < -0.3 is 14.8 Å². The van der Waals surface area contributed by atoms with Gasteiger partial charge >= 0.3 is 0 Å². The minimum atomic E-state index is -0.146. The van der Waals surface area contributed by atoms with Gasteiger partial charge in [0.05, 0.1) is 19.8 Å². The van der Waals surface area contributed by atoms with Gasteiger partial charge in [0.25, 0.3) is 5.91 Å². The van der Waals surface area contributed by atoms with Crippen LogP contribution in [0.2, 0.25) is 0 Å². The molecule has 4 nitrogen and oxygen atoms in total. The summed E-state index contributed by atoms with van der Waals surface area (Å²) in [6.45, 7) is 0.362. The number of methoxy groups -OCH3 is 2. The SMILES string of the molecule is COc1cccc(CNC(=O)c2ccccc2Br)c1OC. The Hall–Kier alpha value is -2.01. The van der Waals surface area contributed by atoms with Crippen LogP contribution in [0.3, 0.4) is 0 Å². The summed E-state index contributed by atoms with van der Waals surface area (Å²) < 4.78 is 11.3. The molecular weight excluding hydrogens is 334 g/mol. The van der Waals surface area contributed by atoms with Gasteiger partial charge in [-0.15, -0.1) is 0 Å². The lowest BCUT2D eigenvalue weighted by molar-refractivity contribution is 0.0950. The Bertz CT molecular complexity index is 643. The van der Waals surface area contributed by atoms with Crippen molar-refractivity contribution in [2.75, 3.05) is 14.2 Å². The monoisotopic (exact) mass is 349 g/mol. The topological polar surface area (TPSA) is 47.6 Å². The second-order valence-corrected chi connectivity index (χ2v) is 5.17. The van der Waals surface area contributed by atoms with Crippen molar-refractivity contribution in [1.82, 2.24) is 5.32 Å². The third-order valence-corrected chi connectivity index (χ3v) is 3.73. The van der Waals surface area contributed by atoms with Crippen LogP contribution in [0.1, 0.15) is 15.9 Å². The van der Waals surface area contributed by atoms with Crippen molar-refractivity contribution < 1.29 is 14.3 Å². The zero-order chi connectivity index (χ0) is 15.2. The molecule has 2 aromatic rings. The molecule has 0 saturated carbocycles. The number of halogens is 1. The Kier molecular flexibility index (Phi) is 5.22. The molecule has 0 bridgehead atoms. The second kappa shape index (κ2) is 7.13. The standard InChI is InChI=1S/C16H16BrNO3/c1-20-14-9-5-6-11(15(14)21-2)10-18-16(19)12-7-3-4-8-13(12)17/h3-9H,10H2,1-2H3,(H,18,19). The first-order valence-electron chi connectivity index (χ1n) is 6.40. The number of carbonyl (C=O) groups is 1. The summed E-state index contributed by atoms with van der Waals surface area (Å²) in [4.78, 5) is 12.2. The molecule has 0 fully saturated rings. The minimum absolute atomic E-state index is 0.146. The van der Waals surface area contributed by atoms with Crippen molar-refractivity contribution in [2.45, 2.75) is 6.54 Å². The molecule has 0 aliphatic carbocycles. The van der Waals surface area contributed by atoms with Crippen LogP contribution in [-0.2, 0) is 6.54 Å². The fourth-order valence-corrected chi connectivity index (χ4v) is 2.47. The normalized spacial score (nSPS) is 10.0. The summed E-state index contributed by atoms with van der Waals surface area (Å²) in [5.41, 5.74) is 1.46. The fourth-order valence-electron chi connectivity index (χ4n) is 2.01. The van der Waals surface area contributed by atoms with E-state index in [0.29, 0.717) is 23.6 Å². The smallest absolute Gasteiger partial charge is 0.252 e. The van der Waals surface area contributed by atoms with Crippen LogP contribution < -0.4 is 14.8 Å². The van der Waals surface area contributed by atoms with Crippen molar-refractivity contribution in [1.29, 1.82) is 0 Å². The molecule has 5 heteroatoms. The van der Waals surface area contributed by atoms with Crippen LogP contribution in [0, 0.1) is 0 Å². The highest BCUT2D eigenvalue weighted by atomic mass is 79.9. The highest BCUT2D eigenvalue weighted by molar-refractivity contribution is 9.10. The summed E-state index contributed by atoms with van der Waals surface area (Å²) in [5, 5.41) is 2.88. The maximum Gasteiger partial charge on any atom is 0.252 e. The molecule has 0 unspecified atom stereocenters. The number of para-hydroxylation sites is 1. The number of hydrogen-bond acceptors (Lipinski definition) is 3. The summed E-state index contributed by atoms with van der Waals surface area (Å²) >= 11 is 3.37. The molecule has 0 radical (unpaired) electrons. The Morgan fingerprint density at radius 1 is 1.10 bits per heavy atom. The van der Waals surface area contributed by atoms with Crippen molar-refractivity contribution >= 4 is 21.8 Å². The Balaban J connectivity index is 2.14.